The summed E-state index contributed by atoms with van der Waals surface area (Å²) in [4.78, 5) is 52.4. The third kappa shape index (κ3) is 7.93. The zero-order chi connectivity index (χ0) is 29.4. The molecule has 12 heteroatoms. The average molecular weight is 617 g/mol. The number of amides is 3. The lowest BCUT2D eigenvalue weighted by Crippen LogP contribution is -2.52. The molecule has 0 aliphatic carbocycles. The number of ether oxygens (including phenoxy) is 2. The van der Waals surface area contributed by atoms with Crippen LogP contribution in [0.2, 0.25) is 10.0 Å². The first kappa shape index (κ1) is 30.2. The Kier molecular flexibility index (Phi) is 10.5. The molecule has 3 aromatic rings. The fraction of sp³-hybridized carbons (Fsp3) is 0.241. The molecule has 41 heavy (non-hydrogen) atoms. The minimum absolute atomic E-state index is 0.0852. The molecule has 1 aliphatic rings. The second-order valence-corrected chi connectivity index (χ2v) is 10.9. The summed E-state index contributed by atoms with van der Waals surface area (Å²) in [6.45, 7) is 0.0852. The van der Waals surface area contributed by atoms with Gasteiger partial charge in [0.1, 0.15) is 18.7 Å². The standard InChI is InChI=1S/C29H27Cl2N3O6S/c1-39-28(37)23(14-18-10-12-20(13-11-18)32-27(36)25-21(30)8-5-9-22(25)31)33-26(35)24-16-41-17-34(24)29(38)40-15-19-6-3-2-4-7-19/h2-13,23-24H,14-17H2,1H3,(H,32,36)(H,33,35)/t23-,24+/m0/s1. The number of hydrogen-bond acceptors (Lipinski definition) is 7. The fourth-order valence-corrected chi connectivity index (χ4v) is 5.82. The van der Waals surface area contributed by atoms with Gasteiger partial charge in [-0.1, -0.05) is 71.7 Å². The molecule has 0 aromatic heterocycles. The Morgan fingerprint density at radius 3 is 2.29 bits per heavy atom. The fourth-order valence-electron chi connectivity index (χ4n) is 4.11. The van der Waals surface area contributed by atoms with Gasteiger partial charge < -0.3 is 20.1 Å². The summed E-state index contributed by atoms with van der Waals surface area (Å²) < 4.78 is 10.3. The molecule has 1 fully saturated rings. The highest BCUT2D eigenvalue weighted by Crippen LogP contribution is 2.26. The average Bonchev–Trinajstić information content (AvgIpc) is 3.47. The Hall–Kier alpha value is -3.73. The topological polar surface area (TPSA) is 114 Å². The van der Waals surface area contributed by atoms with Crippen molar-refractivity contribution >= 4 is 64.5 Å². The molecule has 3 amide bonds. The molecular weight excluding hydrogens is 589 g/mol. The van der Waals surface area contributed by atoms with Crippen LogP contribution in [0.3, 0.4) is 0 Å². The van der Waals surface area contributed by atoms with E-state index in [1.54, 1.807) is 42.5 Å². The minimum Gasteiger partial charge on any atom is -0.467 e. The van der Waals surface area contributed by atoms with Crippen molar-refractivity contribution in [3.63, 3.8) is 0 Å². The lowest BCUT2D eigenvalue weighted by atomic mass is 10.0. The van der Waals surface area contributed by atoms with Crippen molar-refractivity contribution in [1.29, 1.82) is 0 Å². The predicted octanol–water partition coefficient (Wildman–Crippen LogP) is 5.16. The number of carbonyl (C=O) groups is 4. The SMILES string of the molecule is COC(=O)[C@H](Cc1ccc(NC(=O)c2c(Cl)cccc2Cl)cc1)NC(=O)[C@H]1CSCN1C(=O)OCc1ccccc1. The van der Waals surface area contributed by atoms with Crippen LogP contribution in [0.5, 0.6) is 0 Å². The number of carbonyl (C=O) groups excluding carboxylic acids is 4. The van der Waals surface area contributed by atoms with E-state index in [1.165, 1.54) is 23.8 Å². The number of halogens is 2. The quantitative estimate of drug-likeness (QED) is 0.320. The predicted molar refractivity (Wildman–Crippen MR) is 158 cm³/mol. The Labute approximate surface area is 251 Å². The molecule has 2 atom stereocenters. The van der Waals surface area contributed by atoms with Crippen molar-refractivity contribution in [2.24, 2.45) is 0 Å². The van der Waals surface area contributed by atoms with E-state index in [0.29, 0.717) is 22.9 Å². The molecule has 0 saturated carbocycles. The number of nitrogens with zero attached hydrogens (tertiary/aromatic N) is 1. The van der Waals surface area contributed by atoms with Crippen molar-refractivity contribution in [1.82, 2.24) is 10.2 Å². The molecular formula is C29H27Cl2N3O6S. The van der Waals surface area contributed by atoms with Gasteiger partial charge in [0.05, 0.1) is 28.6 Å². The number of esters is 1. The molecule has 1 saturated heterocycles. The number of nitrogens with one attached hydrogen (secondary N) is 2. The van der Waals surface area contributed by atoms with Gasteiger partial charge in [-0.2, -0.15) is 0 Å². The zero-order valence-electron chi connectivity index (χ0n) is 22.0. The highest BCUT2D eigenvalue weighted by atomic mass is 35.5. The van der Waals surface area contributed by atoms with Gasteiger partial charge in [0.25, 0.3) is 5.91 Å². The van der Waals surface area contributed by atoms with Gasteiger partial charge >= 0.3 is 12.1 Å². The van der Waals surface area contributed by atoms with Crippen LogP contribution in [0, 0.1) is 0 Å². The van der Waals surface area contributed by atoms with Gasteiger partial charge in [0.15, 0.2) is 0 Å². The van der Waals surface area contributed by atoms with Gasteiger partial charge in [0, 0.05) is 17.9 Å². The van der Waals surface area contributed by atoms with Crippen LogP contribution in [-0.2, 0) is 32.1 Å². The van der Waals surface area contributed by atoms with Gasteiger partial charge in [-0.3, -0.25) is 14.5 Å². The van der Waals surface area contributed by atoms with Gasteiger partial charge in [-0.25, -0.2) is 9.59 Å². The molecule has 9 nitrogen and oxygen atoms in total. The van der Waals surface area contributed by atoms with E-state index >= 15 is 0 Å². The van der Waals surface area contributed by atoms with Gasteiger partial charge in [0.2, 0.25) is 5.91 Å². The van der Waals surface area contributed by atoms with E-state index in [0.717, 1.165) is 5.56 Å². The molecule has 214 valence electrons. The van der Waals surface area contributed by atoms with Crippen LogP contribution < -0.4 is 10.6 Å². The lowest BCUT2D eigenvalue weighted by Gasteiger charge is -2.24. The lowest BCUT2D eigenvalue weighted by molar-refractivity contribution is -0.145. The summed E-state index contributed by atoms with van der Waals surface area (Å²) >= 11 is 13.7. The highest BCUT2D eigenvalue weighted by Gasteiger charge is 2.37. The maximum atomic E-state index is 13.2. The molecule has 0 unspecified atom stereocenters. The number of rotatable bonds is 9. The van der Waals surface area contributed by atoms with Crippen molar-refractivity contribution in [2.75, 3.05) is 24.1 Å². The number of hydrogen-bond donors (Lipinski definition) is 2. The summed E-state index contributed by atoms with van der Waals surface area (Å²) in [7, 11) is 1.23. The number of anilines is 1. The van der Waals surface area contributed by atoms with Crippen molar-refractivity contribution in [3.05, 3.63) is 99.5 Å². The van der Waals surface area contributed by atoms with Crippen molar-refractivity contribution in [3.8, 4) is 0 Å². The van der Waals surface area contributed by atoms with Crippen LogP contribution >= 0.6 is 35.0 Å². The molecule has 4 rings (SSSR count). The van der Waals surface area contributed by atoms with Crippen molar-refractivity contribution in [2.45, 2.75) is 25.1 Å². The van der Waals surface area contributed by atoms with E-state index in [1.807, 2.05) is 30.3 Å². The minimum atomic E-state index is -0.998. The molecule has 0 radical (unpaired) electrons. The Morgan fingerprint density at radius 1 is 0.951 bits per heavy atom. The maximum Gasteiger partial charge on any atom is 0.411 e. The first-order chi connectivity index (χ1) is 19.8. The van der Waals surface area contributed by atoms with E-state index in [2.05, 4.69) is 10.6 Å². The van der Waals surface area contributed by atoms with E-state index in [-0.39, 0.29) is 28.6 Å². The van der Waals surface area contributed by atoms with Crippen LogP contribution in [0.1, 0.15) is 21.5 Å². The molecule has 1 aliphatic heterocycles. The molecule has 0 spiro atoms. The molecule has 0 bridgehead atoms. The summed E-state index contributed by atoms with van der Waals surface area (Å²) in [6, 6.07) is 19.0. The summed E-state index contributed by atoms with van der Waals surface area (Å²) in [6.07, 6.45) is -0.481. The summed E-state index contributed by atoms with van der Waals surface area (Å²) in [5.74, 6) is -0.921. The van der Waals surface area contributed by atoms with E-state index in [4.69, 9.17) is 32.7 Å². The number of methoxy groups -OCH3 is 1. The van der Waals surface area contributed by atoms with Gasteiger partial charge in [-0.15, -0.1) is 11.8 Å². The Balaban J connectivity index is 1.37. The summed E-state index contributed by atoms with van der Waals surface area (Å²) in [5.41, 5.74) is 2.18. The van der Waals surface area contributed by atoms with Gasteiger partial charge in [-0.05, 0) is 35.4 Å². The number of thioether (sulfide) groups is 1. The maximum absolute atomic E-state index is 13.2. The monoisotopic (exact) mass is 615 g/mol. The molecule has 1 heterocycles. The smallest absolute Gasteiger partial charge is 0.411 e. The molecule has 2 N–H and O–H groups in total. The third-order valence-corrected chi connectivity index (χ3v) is 7.91. The van der Waals surface area contributed by atoms with Crippen LogP contribution in [0.15, 0.2) is 72.8 Å². The third-order valence-electron chi connectivity index (χ3n) is 6.27. The van der Waals surface area contributed by atoms with E-state index in [9.17, 15) is 19.2 Å². The second kappa shape index (κ2) is 14.2. The zero-order valence-corrected chi connectivity index (χ0v) is 24.3. The first-order valence-corrected chi connectivity index (χ1v) is 14.5. The van der Waals surface area contributed by atoms with Crippen molar-refractivity contribution < 1.29 is 28.7 Å². The van der Waals surface area contributed by atoms with Crippen LogP contribution in [0.25, 0.3) is 0 Å². The first-order valence-electron chi connectivity index (χ1n) is 12.5. The normalized spacial score (nSPS) is 15.1. The highest BCUT2D eigenvalue weighted by molar-refractivity contribution is 7.99. The largest absolute Gasteiger partial charge is 0.467 e. The van der Waals surface area contributed by atoms with E-state index < -0.39 is 36.0 Å². The molecule has 3 aromatic carbocycles. The Bertz CT molecular complexity index is 1390. The van der Waals surface area contributed by atoms with Crippen LogP contribution in [0.4, 0.5) is 10.5 Å². The Morgan fingerprint density at radius 2 is 1.63 bits per heavy atom. The summed E-state index contributed by atoms with van der Waals surface area (Å²) in [5, 5.41) is 5.92. The second-order valence-electron chi connectivity index (χ2n) is 9.06. The number of benzene rings is 3. The van der Waals surface area contributed by atoms with Crippen LogP contribution in [-0.4, -0.2) is 59.6 Å².